The molecule has 1 aliphatic rings. The summed E-state index contributed by atoms with van der Waals surface area (Å²) in [6.07, 6.45) is 6.07. The second-order valence-electron chi connectivity index (χ2n) is 5.54. The Kier molecular flexibility index (Phi) is 5.19. The van der Waals surface area contributed by atoms with Crippen LogP contribution in [0.25, 0.3) is 0 Å². The zero-order valence-corrected chi connectivity index (χ0v) is 13.5. The standard InChI is InChI=1S/C15H19N7O3/c23-9-12(20-13(24)11-8-16-10-19-11)14(25)21-4-6-22(7-5-21)15-17-2-1-3-18-15/h1-3,8,10,12,23H,4-7,9H2,(H,16,19)(H,20,24)/t12-/m0/s1. The number of aliphatic hydroxyl groups excluding tert-OH is 1. The number of anilines is 1. The Morgan fingerprint density at radius 1 is 1.24 bits per heavy atom. The van der Waals surface area contributed by atoms with Crippen LogP contribution < -0.4 is 10.2 Å². The predicted molar refractivity (Wildman–Crippen MR) is 87.8 cm³/mol. The minimum Gasteiger partial charge on any atom is -0.394 e. The van der Waals surface area contributed by atoms with Crippen LogP contribution in [0.15, 0.2) is 31.0 Å². The van der Waals surface area contributed by atoms with Gasteiger partial charge >= 0.3 is 0 Å². The topological polar surface area (TPSA) is 127 Å². The maximum absolute atomic E-state index is 12.6. The third-order valence-corrected chi connectivity index (χ3v) is 3.96. The summed E-state index contributed by atoms with van der Waals surface area (Å²) in [6, 6.07) is 0.757. The van der Waals surface area contributed by atoms with Crippen molar-refractivity contribution < 1.29 is 14.7 Å². The van der Waals surface area contributed by atoms with Crippen LogP contribution in [0.5, 0.6) is 0 Å². The Morgan fingerprint density at radius 2 is 1.96 bits per heavy atom. The van der Waals surface area contributed by atoms with Crippen molar-refractivity contribution in [1.29, 1.82) is 0 Å². The first-order valence-electron chi connectivity index (χ1n) is 7.90. The predicted octanol–water partition coefficient (Wildman–Crippen LogP) is -1.36. The van der Waals surface area contributed by atoms with E-state index in [1.165, 1.54) is 12.5 Å². The Bertz CT molecular complexity index is 699. The van der Waals surface area contributed by atoms with E-state index in [1.54, 1.807) is 23.4 Å². The Labute approximate surface area is 143 Å². The lowest BCUT2D eigenvalue weighted by Gasteiger charge is -2.36. The van der Waals surface area contributed by atoms with E-state index < -0.39 is 18.6 Å². The molecule has 3 heterocycles. The number of nitrogens with zero attached hydrogens (tertiary/aromatic N) is 5. The second-order valence-corrected chi connectivity index (χ2v) is 5.54. The Morgan fingerprint density at radius 3 is 2.56 bits per heavy atom. The van der Waals surface area contributed by atoms with E-state index in [4.69, 9.17) is 0 Å². The number of carbonyl (C=O) groups excluding carboxylic acids is 2. The molecule has 1 saturated heterocycles. The van der Waals surface area contributed by atoms with Crippen LogP contribution in [0.1, 0.15) is 10.5 Å². The summed E-state index contributed by atoms with van der Waals surface area (Å²) >= 11 is 0. The molecular formula is C15H19N7O3. The molecule has 2 amide bonds. The number of amides is 2. The van der Waals surface area contributed by atoms with E-state index in [0.717, 1.165) is 0 Å². The van der Waals surface area contributed by atoms with Crippen molar-refractivity contribution in [2.45, 2.75) is 6.04 Å². The van der Waals surface area contributed by atoms with E-state index in [0.29, 0.717) is 32.1 Å². The molecule has 1 atom stereocenters. The molecular weight excluding hydrogens is 326 g/mol. The molecule has 25 heavy (non-hydrogen) atoms. The lowest BCUT2D eigenvalue weighted by Crippen LogP contribution is -2.56. The zero-order valence-electron chi connectivity index (χ0n) is 13.5. The Hall–Kier alpha value is -3.01. The van der Waals surface area contributed by atoms with Gasteiger partial charge in [-0.15, -0.1) is 0 Å². The van der Waals surface area contributed by atoms with Gasteiger partial charge in [-0.2, -0.15) is 0 Å². The number of hydrogen-bond donors (Lipinski definition) is 3. The summed E-state index contributed by atoms with van der Waals surface area (Å²) in [6.45, 7) is 1.63. The molecule has 2 aromatic rings. The van der Waals surface area contributed by atoms with Gasteiger partial charge in [-0.1, -0.05) is 0 Å². The molecule has 0 bridgehead atoms. The molecule has 3 N–H and O–H groups in total. The molecule has 0 aromatic carbocycles. The number of imidazole rings is 1. The molecule has 0 radical (unpaired) electrons. The molecule has 0 spiro atoms. The van der Waals surface area contributed by atoms with Gasteiger partial charge in [0.1, 0.15) is 11.7 Å². The molecule has 0 unspecified atom stereocenters. The monoisotopic (exact) mass is 345 g/mol. The van der Waals surface area contributed by atoms with E-state index in [-0.39, 0.29) is 11.6 Å². The minimum absolute atomic E-state index is 0.234. The number of H-pyrrole nitrogens is 1. The first-order valence-corrected chi connectivity index (χ1v) is 7.90. The molecule has 0 aliphatic carbocycles. The Balaban J connectivity index is 1.56. The zero-order chi connectivity index (χ0) is 17.6. The average molecular weight is 345 g/mol. The fraction of sp³-hybridized carbons (Fsp3) is 0.400. The van der Waals surface area contributed by atoms with Crippen LogP contribution in [0, 0.1) is 0 Å². The largest absolute Gasteiger partial charge is 0.394 e. The molecule has 10 nitrogen and oxygen atoms in total. The summed E-state index contributed by atoms with van der Waals surface area (Å²) in [4.78, 5) is 43.0. The summed E-state index contributed by atoms with van der Waals surface area (Å²) in [5.41, 5.74) is 0.234. The van der Waals surface area contributed by atoms with Gasteiger partial charge in [0.2, 0.25) is 11.9 Å². The van der Waals surface area contributed by atoms with Crippen LogP contribution in [0.4, 0.5) is 5.95 Å². The molecule has 0 saturated carbocycles. The van der Waals surface area contributed by atoms with Crippen molar-refractivity contribution in [2.75, 3.05) is 37.7 Å². The van der Waals surface area contributed by atoms with Gasteiger partial charge in [-0.05, 0) is 6.07 Å². The number of rotatable bonds is 5. The van der Waals surface area contributed by atoms with Crippen molar-refractivity contribution in [3.8, 4) is 0 Å². The fourth-order valence-electron chi connectivity index (χ4n) is 2.60. The number of aromatic amines is 1. The third-order valence-electron chi connectivity index (χ3n) is 3.96. The normalized spacial score (nSPS) is 15.7. The van der Waals surface area contributed by atoms with E-state index in [2.05, 4.69) is 25.3 Å². The van der Waals surface area contributed by atoms with E-state index >= 15 is 0 Å². The molecule has 2 aromatic heterocycles. The lowest BCUT2D eigenvalue weighted by molar-refractivity contribution is -0.134. The highest BCUT2D eigenvalue weighted by Crippen LogP contribution is 2.10. The van der Waals surface area contributed by atoms with Crippen molar-refractivity contribution >= 4 is 17.8 Å². The van der Waals surface area contributed by atoms with Gasteiger partial charge < -0.3 is 25.2 Å². The number of piperazine rings is 1. The molecule has 132 valence electrons. The fourth-order valence-corrected chi connectivity index (χ4v) is 2.60. The van der Waals surface area contributed by atoms with Gasteiger partial charge in [0.05, 0.1) is 19.1 Å². The molecule has 1 aliphatic heterocycles. The second kappa shape index (κ2) is 7.71. The maximum atomic E-state index is 12.6. The van der Waals surface area contributed by atoms with Crippen LogP contribution >= 0.6 is 0 Å². The third kappa shape index (κ3) is 3.91. The maximum Gasteiger partial charge on any atom is 0.270 e. The number of aliphatic hydroxyl groups is 1. The highest BCUT2D eigenvalue weighted by atomic mass is 16.3. The van der Waals surface area contributed by atoms with Crippen LogP contribution in [0.2, 0.25) is 0 Å². The molecule has 10 heteroatoms. The highest BCUT2D eigenvalue weighted by molar-refractivity contribution is 5.96. The first-order chi connectivity index (χ1) is 12.2. The van der Waals surface area contributed by atoms with Crippen molar-refractivity contribution in [3.63, 3.8) is 0 Å². The molecule has 3 rings (SSSR count). The van der Waals surface area contributed by atoms with Crippen LogP contribution in [-0.2, 0) is 4.79 Å². The number of hydrogen-bond acceptors (Lipinski definition) is 7. The summed E-state index contributed by atoms with van der Waals surface area (Å²) < 4.78 is 0. The van der Waals surface area contributed by atoms with Gasteiger partial charge in [0.15, 0.2) is 0 Å². The smallest absolute Gasteiger partial charge is 0.270 e. The SMILES string of the molecule is O=C(N[C@@H](CO)C(=O)N1CCN(c2ncccn2)CC1)c1cnc[nH]1. The molecule has 1 fully saturated rings. The van der Waals surface area contributed by atoms with Crippen molar-refractivity contribution in [2.24, 2.45) is 0 Å². The summed E-state index contributed by atoms with van der Waals surface area (Å²) in [5.74, 6) is -0.175. The van der Waals surface area contributed by atoms with E-state index in [9.17, 15) is 14.7 Å². The first kappa shape index (κ1) is 16.8. The lowest BCUT2D eigenvalue weighted by atomic mass is 10.2. The highest BCUT2D eigenvalue weighted by Gasteiger charge is 2.29. The van der Waals surface area contributed by atoms with Crippen LogP contribution in [0.3, 0.4) is 0 Å². The van der Waals surface area contributed by atoms with Gasteiger partial charge in [-0.3, -0.25) is 9.59 Å². The van der Waals surface area contributed by atoms with Gasteiger partial charge in [0.25, 0.3) is 5.91 Å². The minimum atomic E-state index is -0.990. The summed E-state index contributed by atoms with van der Waals surface area (Å²) in [5, 5.41) is 12.0. The number of nitrogens with one attached hydrogen (secondary N) is 2. The van der Waals surface area contributed by atoms with Crippen molar-refractivity contribution in [1.82, 2.24) is 30.2 Å². The number of aromatic nitrogens is 4. The number of carbonyl (C=O) groups is 2. The van der Waals surface area contributed by atoms with E-state index in [1.807, 2.05) is 4.90 Å². The summed E-state index contributed by atoms with van der Waals surface area (Å²) in [7, 11) is 0. The van der Waals surface area contributed by atoms with Gasteiger partial charge in [-0.25, -0.2) is 15.0 Å². The van der Waals surface area contributed by atoms with Crippen molar-refractivity contribution in [3.05, 3.63) is 36.7 Å². The average Bonchev–Trinajstić information content (AvgIpc) is 3.21. The van der Waals surface area contributed by atoms with Crippen LogP contribution in [-0.4, -0.2) is 80.6 Å². The quantitative estimate of drug-likeness (QED) is 0.611. The van der Waals surface area contributed by atoms with Gasteiger partial charge in [0, 0.05) is 38.6 Å².